The topological polar surface area (TPSA) is 29.5 Å². The Morgan fingerprint density at radius 1 is 1.00 bits per heavy atom. The van der Waals surface area contributed by atoms with E-state index in [-0.39, 0.29) is 5.24 Å². The quantitative estimate of drug-likeness (QED) is 0.837. The lowest BCUT2D eigenvalue weighted by Crippen LogP contribution is -2.22. The number of ether oxygens (including phenoxy) is 1. The molecule has 1 aliphatic heterocycles. The molecule has 0 aliphatic carbocycles. The third-order valence-electron chi connectivity index (χ3n) is 3.39. The van der Waals surface area contributed by atoms with Gasteiger partial charge in [-0.25, -0.2) is 0 Å². The number of hydrogen-bond donors (Lipinski definition) is 0. The van der Waals surface area contributed by atoms with Crippen LogP contribution in [-0.2, 0) is 13.2 Å². The summed E-state index contributed by atoms with van der Waals surface area (Å²) in [6.07, 6.45) is 0. The molecule has 0 N–H and O–H groups in total. The van der Waals surface area contributed by atoms with Crippen molar-refractivity contribution in [1.29, 1.82) is 0 Å². The molecule has 0 bridgehead atoms. The summed E-state index contributed by atoms with van der Waals surface area (Å²) in [5, 5.41) is 0.180. The fourth-order valence-corrected chi connectivity index (χ4v) is 3.05. The van der Waals surface area contributed by atoms with Crippen LogP contribution in [0.5, 0.6) is 5.75 Å². The molecular weight excluding hydrogens is 282 g/mol. The van der Waals surface area contributed by atoms with Gasteiger partial charge >= 0.3 is 0 Å². The Labute approximate surface area is 128 Å². The number of benzene rings is 2. The highest BCUT2D eigenvalue weighted by atomic mass is 32.2. The van der Waals surface area contributed by atoms with Crippen LogP contribution in [0.3, 0.4) is 0 Å². The summed E-state index contributed by atoms with van der Waals surface area (Å²) in [6, 6.07) is 18.1. The summed E-state index contributed by atoms with van der Waals surface area (Å²) >= 11 is 1.40. The third kappa shape index (κ3) is 3.79. The Balaban J connectivity index is 1.55. The van der Waals surface area contributed by atoms with Crippen LogP contribution in [0.1, 0.15) is 11.1 Å². The zero-order valence-corrected chi connectivity index (χ0v) is 12.5. The van der Waals surface area contributed by atoms with E-state index in [1.165, 1.54) is 11.8 Å². The van der Waals surface area contributed by atoms with E-state index in [1.54, 1.807) is 0 Å². The van der Waals surface area contributed by atoms with Gasteiger partial charge in [0, 0.05) is 18.8 Å². The van der Waals surface area contributed by atoms with Crippen molar-refractivity contribution in [1.82, 2.24) is 4.90 Å². The van der Waals surface area contributed by atoms with Gasteiger partial charge in [-0.1, -0.05) is 54.2 Å². The van der Waals surface area contributed by atoms with Crippen LogP contribution < -0.4 is 4.74 Å². The minimum Gasteiger partial charge on any atom is -0.489 e. The molecule has 3 rings (SSSR count). The van der Waals surface area contributed by atoms with E-state index in [4.69, 9.17) is 4.74 Å². The minimum absolute atomic E-state index is 0.180. The highest BCUT2D eigenvalue weighted by molar-refractivity contribution is 8.13. The van der Waals surface area contributed by atoms with E-state index in [1.807, 2.05) is 59.5 Å². The zero-order chi connectivity index (χ0) is 14.5. The van der Waals surface area contributed by atoms with Crippen molar-refractivity contribution in [3.05, 3.63) is 65.7 Å². The molecule has 21 heavy (non-hydrogen) atoms. The number of thioether (sulfide) groups is 1. The Bertz CT molecular complexity index is 598. The molecule has 0 atom stereocenters. The molecule has 4 heteroatoms. The number of carbonyl (C=O) groups is 1. The standard InChI is InChI=1S/C17H17NO2S/c19-17-18(10-11-21-17)12-14-6-8-16(9-7-14)20-13-15-4-2-1-3-5-15/h1-9H,10-13H2. The lowest BCUT2D eigenvalue weighted by molar-refractivity contribution is 0.228. The van der Waals surface area contributed by atoms with Crippen molar-refractivity contribution >= 4 is 17.0 Å². The number of carbonyl (C=O) groups excluding carboxylic acids is 1. The molecule has 1 aliphatic rings. The molecule has 0 saturated carbocycles. The molecule has 3 nitrogen and oxygen atoms in total. The second-order valence-electron chi connectivity index (χ2n) is 4.95. The highest BCUT2D eigenvalue weighted by Gasteiger charge is 2.20. The molecular formula is C17H17NO2S. The Kier molecular flexibility index (Phi) is 4.46. The van der Waals surface area contributed by atoms with Gasteiger partial charge in [0.25, 0.3) is 5.24 Å². The fraction of sp³-hybridized carbons (Fsp3) is 0.235. The summed E-state index contributed by atoms with van der Waals surface area (Å²) in [6.45, 7) is 2.10. The second kappa shape index (κ2) is 6.68. The largest absolute Gasteiger partial charge is 0.489 e. The van der Waals surface area contributed by atoms with Gasteiger partial charge in [0.15, 0.2) is 0 Å². The first-order chi connectivity index (χ1) is 10.3. The maximum absolute atomic E-state index is 11.6. The van der Waals surface area contributed by atoms with E-state index in [0.29, 0.717) is 13.2 Å². The Morgan fingerprint density at radius 2 is 1.76 bits per heavy atom. The number of rotatable bonds is 5. The molecule has 0 aromatic heterocycles. The summed E-state index contributed by atoms with van der Waals surface area (Å²) in [7, 11) is 0. The van der Waals surface area contributed by atoms with Gasteiger partial charge in [0.2, 0.25) is 0 Å². The predicted octanol–water partition coefficient (Wildman–Crippen LogP) is 3.93. The second-order valence-corrected chi connectivity index (χ2v) is 6.00. The maximum Gasteiger partial charge on any atom is 0.282 e. The van der Waals surface area contributed by atoms with Crippen LogP contribution >= 0.6 is 11.8 Å². The van der Waals surface area contributed by atoms with Crippen molar-refractivity contribution in [2.75, 3.05) is 12.3 Å². The van der Waals surface area contributed by atoms with E-state index < -0.39 is 0 Å². The summed E-state index contributed by atoms with van der Waals surface area (Å²) in [4.78, 5) is 13.4. The minimum atomic E-state index is 0.180. The molecule has 1 amide bonds. The summed E-state index contributed by atoms with van der Waals surface area (Å²) in [5.74, 6) is 1.75. The van der Waals surface area contributed by atoms with Gasteiger partial charge in [0.1, 0.15) is 12.4 Å². The van der Waals surface area contributed by atoms with E-state index >= 15 is 0 Å². The molecule has 2 aromatic rings. The normalized spacial score (nSPS) is 14.5. The number of amides is 1. The molecule has 108 valence electrons. The number of hydrogen-bond acceptors (Lipinski definition) is 3. The van der Waals surface area contributed by atoms with Crippen LogP contribution in [0.25, 0.3) is 0 Å². The van der Waals surface area contributed by atoms with E-state index in [9.17, 15) is 4.79 Å². The van der Waals surface area contributed by atoms with Crippen LogP contribution in [-0.4, -0.2) is 22.4 Å². The van der Waals surface area contributed by atoms with Crippen molar-refractivity contribution < 1.29 is 9.53 Å². The van der Waals surface area contributed by atoms with Gasteiger partial charge < -0.3 is 9.64 Å². The maximum atomic E-state index is 11.6. The van der Waals surface area contributed by atoms with Crippen molar-refractivity contribution in [3.8, 4) is 5.75 Å². The van der Waals surface area contributed by atoms with E-state index in [2.05, 4.69) is 0 Å². The van der Waals surface area contributed by atoms with Crippen LogP contribution in [0, 0.1) is 0 Å². The lowest BCUT2D eigenvalue weighted by atomic mass is 10.2. The van der Waals surface area contributed by atoms with Gasteiger partial charge in [-0.15, -0.1) is 0 Å². The van der Waals surface area contributed by atoms with Gasteiger partial charge in [-0.3, -0.25) is 4.79 Å². The first-order valence-corrected chi connectivity index (χ1v) is 7.97. The van der Waals surface area contributed by atoms with Crippen molar-refractivity contribution in [3.63, 3.8) is 0 Å². The monoisotopic (exact) mass is 299 g/mol. The van der Waals surface area contributed by atoms with Crippen LogP contribution in [0.15, 0.2) is 54.6 Å². The van der Waals surface area contributed by atoms with Crippen molar-refractivity contribution in [2.45, 2.75) is 13.2 Å². The van der Waals surface area contributed by atoms with Gasteiger partial charge in [-0.2, -0.15) is 0 Å². The average Bonchev–Trinajstić information content (AvgIpc) is 2.93. The number of nitrogens with zero attached hydrogens (tertiary/aromatic N) is 1. The first-order valence-electron chi connectivity index (χ1n) is 6.98. The van der Waals surface area contributed by atoms with Crippen LogP contribution in [0.4, 0.5) is 4.79 Å². The molecule has 1 heterocycles. The molecule has 2 aromatic carbocycles. The average molecular weight is 299 g/mol. The molecule has 0 spiro atoms. The smallest absolute Gasteiger partial charge is 0.282 e. The summed E-state index contributed by atoms with van der Waals surface area (Å²) < 4.78 is 5.75. The zero-order valence-electron chi connectivity index (χ0n) is 11.7. The Hall–Kier alpha value is -1.94. The molecule has 0 unspecified atom stereocenters. The molecule has 1 fully saturated rings. The SMILES string of the molecule is O=C1SCCN1Cc1ccc(OCc2ccccc2)cc1. The van der Waals surface area contributed by atoms with Crippen LogP contribution in [0.2, 0.25) is 0 Å². The molecule has 1 saturated heterocycles. The van der Waals surface area contributed by atoms with Gasteiger partial charge in [0.05, 0.1) is 0 Å². The summed E-state index contributed by atoms with van der Waals surface area (Å²) in [5.41, 5.74) is 2.29. The van der Waals surface area contributed by atoms with Gasteiger partial charge in [-0.05, 0) is 23.3 Å². The lowest BCUT2D eigenvalue weighted by Gasteiger charge is -2.14. The Morgan fingerprint density at radius 3 is 2.43 bits per heavy atom. The fourth-order valence-electron chi connectivity index (χ4n) is 2.22. The molecule has 0 radical (unpaired) electrons. The highest BCUT2D eigenvalue weighted by Crippen LogP contribution is 2.21. The predicted molar refractivity (Wildman–Crippen MR) is 85.5 cm³/mol. The van der Waals surface area contributed by atoms with E-state index in [0.717, 1.165) is 29.2 Å². The van der Waals surface area contributed by atoms with Crippen molar-refractivity contribution in [2.24, 2.45) is 0 Å². The first kappa shape index (κ1) is 14.0. The third-order valence-corrected chi connectivity index (χ3v) is 4.28.